The summed E-state index contributed by atoms with van der Waals surface area (Å²) in [7, 11) is 0. The molecular formula is C22H24N6O. The Morgan fingerprint density at radius 3 is 2.69 bits per heavy atom. The van der Waals surface area contributed by atoms with E-state index in [4.69, 9.17) is 4.98 Å². The van der Waals surface area contributed by atoms with Crippen LogP contribution in [0.15, 0.2) is 55.1 Å². The topological polar surface area (TPSA) is 78.0 Å². The van der Waals surface area contributed by atoms with Crippen molar-refractivity contribution in [2.75, 3.05) is 0 Å². The first-order chi connectivity index (χ1) is 14.2. The number of rotatable bonds is 9. The van der Waals surface area contributed by atoms with E-state index < -0.39 is 0 Å². The standard InChI is InChI=1S/C22H24N6O/c1-17-19-15-22(28-14-13-24-26-28)23-16-27(19)21(25-17)12-8-3-2-7-11-20(29)18-9-5-4-6-10-18/h4-6,9-10,13-16H,2-3,7-8,11-12H2,1H3. The number of fused-ring (bicyclic) bond motifs is 1. The fourth-order valence-electron chi connectivity index (χ4n) is 3.52. The molecule has 0 aliphatic carbocycles. The number of carbonyl (C=O) groups is 1. The van der Waals surface area contributed by atoms with Crippen molar-refractivity contribution in [1.29, 1.82) is 0 Å². The Kier molecular flexibility index (Phi) is 5.74. The van der Waals surface area contributed by atoms with Gasteiger partial charge in [-0.25, -0.2) is 14.6 Å². The van der Waals surface area contributed by atoms with Gasteiger partial charge in [-0.15, -0.1) is 5.10 Å². The number of hydrogen-bond donors (Lipinski definition) is 0. The van der Waals surface area contributed by atoms with Gasteiger partial charge in [0.15, 0.2) is 11.6 Å². The number of benzene rings is 1. The SMILES string of the molecule is Cc1nc(CCCCCCC(=O)c2ccccc2)n2cnc(-n3ccnn3)cc12. The number of imidazole rings is 1. The van der Waals surface area contributed by atoms with E-state index in [1.165, 1.54) is 0 Å². The van der Waals surface area contributed by atoms with E-state index in [1.54, 1.807) is 23.4 Å². The van der Waals surface area contributed by atoms with E-state index >= 15 is 0 Å². The van der Waals surface area contributed by atoms with Gasteiger partial charge in [0.2, 0.25) is 0 Å². The van der Waals surface area contributed by atoms with Gasteiger partial charge in [-0.2, -0.15) is 0 Å². The molecule has 0 saturated heterocycles. The van der Waals surface area contributed by atoms with Gasteiger partial charge in [0.05, 0.1) is 23.6 Å². The summed E-state index contributed by atoms with van der Waals surface area (Å²) in [5, 5.41) is 7.82. The van der Waals surface area contributed by atoms with Crippen LogP contribution in [0.4, 0.5) is 0 Å². The van der Waals surface area contributed by atoms with Crippen LogP contribution < -0.4 is 0 Å². The normalized spacial score (nSPS) is 11.2. The summed E-state index contributed by atoms with van der Waals surface area (Å²) >= 11 is 0. The number of aryl methyl sites for hydroxylation is 2. The van der Waals surface area contributed by atoms with Crippen molar-refractivity contribution in [3.05, 3.63) is 72.2 Å². The second-order valence-corrected chi connectivity index (χ2v) is 7.17. The van der Waals surface area contributed by atoms with Crippen LogP contribution in [-0.2, 0) is 6.42 Å². The minimum absolute atomic E-state index is 0.231. The number of carbonyl (C=O) groups excluding carboxylic acids is 1. The minimum Gasteiger partial charge on any atom is -0.294 e. The molecule has 0 amide bonds. The molecule has 0 aliphatic rings. The highest BCUT2D eigenvalue weighted by atomic mass is 16.1. The number of ketones is 1. The highest BCUT2D eigenvalue weighted by Crippen LogP contribution is 2.17. The molecule has 0 bridgehead atoms. The number of Topliss-reactive ketones (excluding diaryl/α,β-unsaturated/α-hetero) is 1. The number of hydrogen-bond acceptors (Lipinski definition) is 5. The molecule has 3 heterocycles. The van der Waals surface area contributed by atoms with E-state index in [1.807, 2.05) is 43.3 Å². The average molecular weight is 388 g/mol. The molecule has 0 aliphatic heterocycles. The smallest absolute Gasteiger partial charge is 0.162 e. The highest BCUT2D eigenvalue weighted by molar-refractivity contribution is 5.95. The van der Waals surface area contributed by atoms with Crippen molar-refractivity contribution >= 4 is 11.3 Å². The number of aromatic nitrogens is 6. The summed E-state index contributed by atoms with van der Waals surface area (Å²) in [5.41, 5.74) is 2.83. The third-order valence-corrected chi connectivity index (χ3v) is 5.08. The Morgan fingerprint density at radius 2 is 1.90 bits per heavy atom. The molecule has 4 aromatic rings. The third-order valence-electron chi connectivity index (χ3n) is 5.08. The number of nitrogens with zero attached hydrogens (tertiary/aromatic N) is 6. The van der Waals surface area contributed by atoms with Crippen molar-refractivity contribution in [3.63, 3.8) is 0 Å². The van der Waals surface area contributed by atoms with E-state index in [2.05, 4.69) is 19.7 Å². The van der Waals surface area contributed by atoms with Crippen LogP contribution in [0.25, 0.3) is 11.3 Å². The Labute approximate surface area is 169 Å². The molecule has 0 spiro atoms. The molecule has 4 rings (SSSR count). The summed E-state index contributed by atoms with van der Waals surface area (Å²) in [4.78, 5) is 21.3. The van der Waals surface area contributed by atoms with Crippen molar-refractivity contribution < 1.29 is 4.79 Å². The maximum absolute atomic E-state index is 12.1. The molecular weight excluding hydrogens is 364 g/mol. The predicted octanol–water partition coefficient (Wildman–Crippen LogP) is 3.99. The Morgan fingerprint density at radius 1 is 1.07 bits per heavy atom. The first kappa shape index (κ1) is 19.0. The summed E-state index contributed by atoms with van der Waals surface area (Å²) < 4.78 is 3.69. The molecule has 0 N–H and O–H groups in total. The van der Waals surface area contributed by atoms with Crippen molar-refractivity contribution in [2.24, 2.45) is 0 Å². The fraction of sp³-hybridized carbons (Fsp3) is 0.318. The van der Waals surface area contributed by atoms with Crippen molar-refractivity contribution in [1.82, 2.24) is 29.4 Å². The first-order valence-corrected chi connectivity index (χ1v) is 10.0. The third kappa shape index (κ3) is 4.39. The molecule has 148 valence electrons. The van der Waals surface area contributed by atoms with E-state index in [0.717, 1.165) is 60.5 Å². The average Bonchev–Trinajstić information content (AvgIpc) is 3.39. The van der Waals surface area contributed by atoms with Gasteiger partial charge in [0.1, 0.15) is 12.2 Å². The highest BCUT2D eigenvalue weighted by Gasteiger charge is 2.10. The molecule has 0 unspecified atom stereocenters. The van der Waals surface area contributed by atoms with Crippen LogP contribution in [-0.4, -0.2) is 35.1 Å². The zero-order valence-electron chi connectivity index (χ0n) is 16.5. The van der Waals surface area contributed by atoms with Crippen LogP contribution in [0.3, 0.4) is 0 Å². The van der Waals surface area contributed by atoms with E-state index in [-0.39, 0.29) is 5.78 Å². The monoisotopic (exact) mass is 388 g/mol. The minimum atomic E-state index is 0.231. The van der Waals surface area contributed by atoms with Gasteiger partial charge in [-0.3, -0.25) is 9.20 Å². The summed E-state index contributed by atoms with van der Waals surface area (Å²) in [6, 6.07) is 11.5. The van der Waals surface area contributed by atoms with Crippen LogP contribution >= 0.6 is 0 Å². The largest absolute Gasteiger partial charge is 0.294 e. The molecule has 29 heavy (non-hydrogen) atoms. The van der Waals surface area contributed by atoms with Crippen molar-refractivity contribution in [2.45, 2.75) is 45.4 Å². The lowest BCUT2D eigenvalue weighted by atomic mass is 10.0. The zero-order valence-corrected chi connectivity index (χ0v) is 16.5. The van der Waals surface area contributed by atoms with E-state index in [0.29, 0.717) is 6.42 Å². The molecule has 0 saturated carbocycles. The van der Waals surface area contributed by atoms with E-state index in [9.17, 15) is 4.79 Å². The lowest BCUT2D eigenvalue weighted by Gasteiger charge is -2.04. The van der Waals surface area contributed by atoms with Gasteiger partial charge >= 0.3 is 0 Å². The zero-order chi connectivity index (χ0) is 20.1. The van der Waals surface area contributed by atoms with Crippen molar-refractivity contribution in [3.8, 4) is 5.82 Å². The van der Waals surface area contributed by atoms with Gasteiger partial charge in [0.25, 0.3) is 0 Å². The fourth-order valence-corrected chi connectivity index (χ4v) is 3.52. The molecule has 1 aromatic carbocycles. The van der Waals surface area contributed by atoms with Gasteiger partial charge in [-0.1, -0.05) is 48.4 Å². The van der Waals surface area contributed by atoms with Crippen LogP contribution in [0.2, 0.25) is 0 Å². The lowest BCUT2D eigenvalue weighted by Crippen LogP contribution is -2.02. The lowest BCUT2D eigenvalue weighted by molar-refractivity contribution is 0.0979. The first-order valence-electron chi connectivity index (χ1n) is 10.0. The Hall–Kier alpha value is -3.35. The Bertz CT molecular complexity index is 1090. The number of unbranched alkanes of at least 4 members (excludes halogenated alkanes) is 3. The summed E-state index contributed by atoms with van der Waals surface area (Å²) in [5.74, 6) is 1.98. The second kappa shape index (κ2) is 8.77. The molecule has 7 heteroatoms. The quantitative estimate of drug-likeness (QED) is 0.320. The predicted molar refractivity (Wildman–Crippen MR) is 110 cm³/mol. The van der Waals surface area contributed by atoms with Crippen LogP contribution in [0.5, 0.6) is 0 Å². The van der Waals surface area contributed by atoms with Crippen LogP contribution in [0, 0.1) is 6.92 Å². The van der Waals surface area contributed by atoms with Crippen LogP contribution in [0.1, 0.15) is 54.0 Å². The van der Waals surface area contributed by atoms with Gasteiger partial charge in [-0.05, 0) is 19.8 Å². The molecule has 0 atom stereocenters. The molecule has 0 radical (unpaired) electrons. The van der Waals surface area contributed by atoms with Gasteiger partial charge in [0, 0.05) is 24.5 Å². The second-order valence-electron chi connectivity index (χ2n) is 7.17. The maximum atomic E-state index is 12.1. The molecule has 7 nitrogen and oxygen atoms in total. The summed E-state index contributed by atoms with van der Waals surface area (Å²) in [6.45, 7) is 2.01. The van der Waals surface area contributed by atoms with Gasteiger partial charge < -0.3 is 0 Å². The maximum Gasteiger partial charge on any atom is 0.162 e. The molecule has 3 aromatic heterocycles. The summed E-state index contributed by atoms with van der Waals surface area (Å²) in [6.07, 6.45) is 10.8. The Balaban J connectivity index is 1.28. The molecule has 0 fully saturated rings.